The maximum atomic E-state index is 13.4. The summed E-state index contributed by atoms with van der Waals surface area (Å²) < 4.78 is 51.9. The van der Waals surface area contributed by atoms with Gasteiger partial charge < -0.3 is 10.2 Å². The number of carbonyl (C=O) groups excluding carboxylic acids is 1. The van der Waals surface area contributed by atoms with Gasteiger partial charge in [-0.25, -0.2) is 21.6 Å². The van der Waals surface area contributed by atoms with Crippen LogP contribution in [0.15, 0.2) is 47.4 Å². The van der Waals surface area contributed by atoms with Crippen LogP contribution < -0.4 is 14.9 Å². The molecule has 2 fully saturated rings. The van der Waals surface area contributed by atoms with E-state index in [9.17, 15) is 21.6 Å². The largest absolute Gasteiger partial charge is 0.371 e. The van der Waals surface area contributed by atoms with E-state index in [2.05, 4.69) is 14.9 Å². The number of hydrogen-bond donors (Lipinski definition) is 2. The fourth-order valence-electron chi connectivity index (χ4n) is 4.72. The number of sulfonamides is 1. The zero-order valence-electron chi connectivity index (χ0n) is 21.3. The van der Waals surface area contributed by atoms with E-state index in [1.54, 1.807) is 51.1 Å². The van der Waals surface area contributed by atoms with Crippen LogP contribution in [-0.2, 0) is 25.6 Å². The molecule has 0 atom stereocenters. The number of sulfone groups is 1. The summed E-state index contributed by atoms with van der Waals surface area (Å²) in [5.41, 5.74) is 1.95. The van der Waals surface area contributed by atoms with Crippen molar-refractivity contribution in [1.29, 1.82) is 0 Å². The van der Waals surface area contributed by atoms with Crippen LogP contribution in [-0.4, -0.2) is 47.6 Å². The van der Waals surface area contributed by atoms with Crippen molar-refractivity contribution >= 4 is 37.1 Å². The molecule has 2 aliphatic rings. The highest BCUT2D eigenvalue weighted by Gasteiger charge is 2.44. The maximum Gasteiger partial charge on any atom is 0.257 e. The van der Waals surface area contributed by atoms with Crippen molar-refractivity contribution in [2.45, 2.75) is 62.6 Å². The molecule has 0 radical (unpaired) electrons. The molecular formula is C26H35N3O5S2. The molecule has 1 heterocycles. The molecule has 1 saturated heterocycles. The first kappa shape index (κ1) is 26.6. The summed E-state index contributed by atoms with van der Waals surface area (Å²) in [5, 5.41) is 2.83. The summed E-state index contributed by atoms with van der Waals surface area (Å²) >= 11 is 0. The zero-order chi connectivity index (χ0) is 26.4. The van der Waals surface area contributed by atoms with Gasteiger partial charge in [0, 0.05) is 36.3 Å². The Kier molecular flexibility index (Phi) is 7.00. The van der Waals surface area contributed by atoms with E-state index in [1.165, 1.54) is 31.2 Å². The number of piperidine rings is 1. The molecule has 8 nitrogen and oxygen atoms in total. The van der Waals surface area contributed by atoms with Gasteiger partial charge >= 0.3 is 0 Å². The predicted octanol–water partition coefficient (Wildman–Crippen LogP) is 3.94. The highest BCUT2D eigenvalue weighted by Crippen LogP contribution is 2.54. The monoisotopic (exact) mass is 533 g/mol. The molecule has 2 aromatic rings. The highest BCUT2D eigenvalue weighted by molar-refractivity contribution is 7.90. The summed E-state index contributed by atoms with van der Waals surface area (Å²) in [5.74, 6) is -0.471. The Bertz CT molecular complexity index is 1360. The maximum absolute atomic E-state index is 13.4. The Morgan fingerprint density at radius 1 is 0.972 bits per heavy atom. The van der Waals surface area contributed by atoms with Crippen LogP contribution in [0.5, 0.6) is 0 Å². The Morgan fingerprint density at radius 2 is 1.64 bits per heavy atom. The lowest BCUT2D eigenvalue weighted by Gasteiger charge is -2.35. The first-order valence-corrected chi connectivity index (χ1v) is 15.7. The molecule has 1 saturated carbocycles. The van der Waals surface area contributed by atoms with Gasteiger partial charge in [-0.15, -0.1) is 0 Å². The van der Waals surface area contributed by atoms with Gasteiger partial charge in [-0.05, 0) is 87.8 Å². The molecule has 36 heavy (non-hydrogen) atoms. The lowest BCUT2D eigenvalue weighted by atomic mass is 9.92. The average molecular weight is 534 g/mol. The number of nitrogens with one attached hydrogen (secondary N) is 2. The Balaban J connectivity index is 1.61. The van der Waals surface area contributed by atoms with Crippen molar-refractivity contribution < 1.29 is 21.6 Å². The van der Waals surface area contributed by atoms with Gasteiger partial charge in [0.1, 0.15) is 0 Å². The van der Waals surface area contributed by atoms with Crippen LogP contribution in [0, 0.1) is 5.41 Å². The molecule has 0 aromatic heterocycles. The number of rotatable bonds is 7. The third-order valence-corrected chi connectivity index (χ3v) is 9.31. The molecule has 2 N–H and O–H groups in total. The summed E-state index contributed by atoms with van der Waals surface area (Å²) in [6.07, 6.45) is 5.83. The van der Waals surface area contributed by atoms with E-state index in [-0.39, 0.29) is 16.6 Å². The lowest BCUT2D eigenvalue weighted by Crippen LogP contribution is -2.40. The molecule has 1 aliphatic heterocycles. The highest BCUT2D eigenvalue weighted by atomic mass is 32.2. The molecular weight excluding hydrogens is 498 g/mol. The number of anilines is 2. The van der Waals surface area contributed by atoms with Crippen LogP contribution in [0.4, 0.5) is 11.4 Å². The number of carbonyl (C=O) groups is 1. The van der Waals surface area contributed by atoms with Crippen molar-refractivity contribution in [3.05, 3.63) is 53.6 Å². The van der Waals surface area contributed by atoms with Crippen molar-refractivity contribution in [2.75, 3.05) is 29.6 Å². The SMILES string of the molecule is CC(C)(C)NS(=O)(=O)c1cccc(NC(=O)c2ccc(CS(C)(=O)=O)cc2N2CCC3(CC2)CC3)c1. The third kappa shape index (κ3) is 6.66. The fraction of sp³-hybridized carbons (Fsp3) is 0.500. The fourth-order valence-corrected chi connectivity index (χ4v) is 6.97. The molecule has 1 spiro atoms. The molecule has 1 amide bonds. The van der Waals surface area contributed by atoms with Crippen molar-refractivity contribution in [3.63, 3.8) is 0 Å². The van der Waals surface area contributed by atoms with Crippen LogP contribution in [0.1, 0.15) is 62.4 Å². The van der Waals surface area contributed by atoms with Crippen LogP contribution in [0.2, 0.25) is 0 Å². The first-order valence-electron chi connectivity index (χ1n) is 12.2. The second-order valence-corrected chi connectivity index (χ2v) is 15.1. The first-order chi connectivity index (χ1) is 16.6. The molecule has 2 aromatic carbocycles. The second kappa shape index (κ2) is 9.46. The van der Waals surface area contributed by atoms with Crippen molar-refractivity contribution in [2.24, 2.45) is 5.41 Å². The smallest absolute Gasteiger partial charge is 0.257 e. The normalized spacial score (nSPS) is 17.7. The molecule has 0 unspecified atom stereocenters. The molecule has 10 heteroatoms. The minimum Gasteiger partial charge on any atom is -0.371 e. The summed E-state index contributed by atoms with van der Waals surface area (Å²) in [6.45, 7) is 6.91. The van der Waals surface area contributed by atoms with E-state index in [0.717, 1.165) is 25.9 Å². The van der Waals surface area contributed by atoms with E-state index in [1.807, 2.05) is 0 Å². The minimum absolute atomic E-state index is 0.0599. The predicted molar refractivity (Wildman–Crippen MR) is 143 cm³/mol. The topological polar surface area (TPSA) is 113 Å². The third-order valence-electron chi connectivity index (χ3n) is 6.70. The second-order valence-electron chi connectivity index (χ2n) is 11.2. The van der Waals surface area contributed by atoms with Crippen molar-refractivity contribution in [1.82, 2.24) is 4.72 Å². The molecule has 0 bridgehead atoms. The van der Waals surface area contributed by atoms with Gasteiger partial charge in [-0.3, -0.25) is 4.79 Å². The summed E-state index contributed by atoms with van der Waals surface area (Å²) in [4.78, 5) is 15.6. The number of nitrogens with zero attached hydrogens (tertiary/aromatic N) is 1. The number of amides is 1. The van der Waals surface area contributed by atoms with Gasteiger partial charge in [-0.2, -0.15) is 0 Å². The van der Waals surface area contributed by atoms with Gasteiger partial charge in [0.2, 0.25) is 10.0 Å². The molecule has 196 valence electrons. The van der Waals surface area contributed by atoms with Crippen LogP contribution in [0.3, 0.4) is 0 Å². The summed E-state index contributed by atoms with van der Waals surface area (Å²) in [7, 11) is -6.99. The van der Waals surface area contributed by atoms with Crippen molar-refractivity contribution in [3.8, 4) is 0 Å². The van der Waals surface area contributed by atoms with Gasteiger partial charge in [0.05, 0.1) is 16.2 Å². The standard InChI is InChI=1S/C26H35N3O5S2/c1-25(2,3)28-36(33,34)21-7-5-6-20(17-21)27-24(30)22-9-8-19(18-35(4,31)32)16-23(22)29-14-12-26(10-11-26)13-15-29/h5-9,16-17,28H,10-15,18H2,1-4H3,(H,27,30). The van der Waals surface area contributed by atoms with E-state index < -0.39 is 25.4 Å². The van der Waals surface area contributed by atoms with E-state index in [0.29, 0.717) is 27.9 Å². The number of hydrogen-bond acceptors (Lipinski definition) is 6. The quantitative estimate of drug-likeness (QED) is 0.558. The number of benzene rings is 2. The van der Waals surface area contributed by atoms with Gasteiger partial charge in [0.15, 0.2) is 9.84 Å². The average Bonchev–Trinajstić information content (AvgIpc) is 3.50. The summed E-state index contributed by atoms with van der Waals surface area (Å²) in [6, 6.07) is 11.3. The van der Waals surface area contributed by atoms with Crippen LogP contribution in [0.25, 0.3) is 0 Å². The van der Waals surface area contributed by atoms with E-state index >= 15 is 0 Å². The van der Waals surface area contributed by atoms with Crippen LogP contribution >= 0.6 is 0 Å². The van der Waals surface area contributed by atoms with E-state index in [4.69, 9.17) is 0 Å². The minimum atomic E-state index is -3.76. The van der Waals surface area contributed by atoms with Gasteiger partial charge in [-0.1, -0.05) is 12.1 Å². The lowest BCUT2D eigenvalue weighted by molar-refractivity contribution is 0.102. The Labute approximate surface area is 214 Å². The molecule has 1 aliphatic carbocycles. The Hall–Kier alpha value is -2.43. The zero-order valence-corrected chi connectivity index (χ0v) is 22.9. The van der Waals surface area contributed by atoms with Gasteiger partial charge in [0.25, 0.3) is 5.91 Å². The Morgan fingerprint density at radius 3 is 2.22 bits per heavy atom. The molecule has 4 rings (SSSR count).